The minimum Gasteiger partial charge on any atom is -0.503 e. The van der Waals surface area contributed by atoms with Crippen LogP contribution in [0.4, 0.5) is 5.95 Å². The van der Waals surface area contributed by atoms with Crippen molar-refractivity contribution in [2.24, 2.45) is 5.10 Å². The topological polar surface area (TPSA) is 99.6 Å². The summed E-state index contributed by atoms with van der Waals surface area (Å²) in [6, 6.07) is 4.83. The van der Waals surface area contributed by atoms with E-state index in [-0.39, 0.29) is 17.3 Å². The largest absolute Gasteiger partial charge is 0.503 e. The average molecular weight is 381 g/mol. The van der Waals surface area contributed by atoms with E-state index in [1.165, 1.54) is 19.4 Å². The predicted molar refractivity (Wildman–Crippen MR) is 92.4 cm³/mol. The number of nitrogens with zero attached hydrogens (tertiary/aromatic N) is 2. The first-order valence-corrected chi connectivity index (χ1v) is 7.79. The monoisotopic (exact) mass is 380 g/mol. The van der Waals surface area contributed by atoms with Crippen molar-refractivity contribution < 1.29 is 9.84 Å². The molecule has 0 aliphatic heterocycles. The lowest BCUT2D eigenvalue weighted by atomic mass is 10.2. The van der Waals surface area contributed by atoms with Crippen LogP contribution in [0.25, 0.3) is 0 Å². The maximum atomic E-state index is 11.5. The SMILES string of the molecule is CCCc1cc(=O)[nH]c(N/N=C/c2ccc(OC)c(O)c2Br)n1. The quantitative estimate of drug-likeness (QED) is 0.528. The van der Waals surface area contributed by atoms with Crippen molar-refractivity contribution in [3.63, 3.8) is 0 Å². The van der Waals surface area contributed by atoms with E-state index in [1.54, 1.807) is 12.1 Å². The fourth-order valence-corrected chi connectivity index (χ4v) is 2.36. The zero-order valence-electron chi connectivity index (χ0n) is 12.8. The van der Waals surface area contributed by atoms with Gasteiger partial charge in [0.2, 0.25) is 5.95 Å². The number of nitrogens with one attached hydrogen (secondary N) is 2. The highest BCUT2D eigenvalue weighted by Crippen LogP contribution is 2.35. The van der Waals surface area contributed by atoms with Crippen molar-refractivity contribution in [3.8, 4) is 11.5 Å². The number of anilines is 1. The van der Waals surface area contributed by atoms with Gasteiger partial charge in [-0.05, 0) is 34.5 Å². The Morgan fingerprint density at radius 2 is 2.30 bits per heavy atom. The molecule has 0 fully saturated rings. The van der Waals surface area contributed by atoms with Gasteiger partial charge in [-0.15, -0.1) is 0 Å². The minimum atomic E-state index is -0.232. The van der Waals surface area contributed by atoms with Crippen LogP contribution >= 0.6 is 15.9 Å². The summed E-state index contributed by atoms with van der Waals surface area (Å²) in [6.07, 6.45) is 3.12. The van der Waals surface area contributed by atoms with Gasteiger partial charge in [0.15, 0.2) is 11.5 Å². The number of halogens is 1. The highest BCUT2D eigenvalue weighted by atomic mass is 79.9. The average Bonchev–Trinajstić information content (AvgIpc) is 2.51. The Morgan fingerprint density at radius 1 is 1.52 bits per heavy atom. The summed E-state index contributed by atoms with van der Waals surface area (Å²) in [6.45, 7) is 2.02. The van der Waals surface area contributed by atoms with Crippen molar-refractivity contribution in [3.05, 3.63) is 44.3 Å². The van der Waals surface area contributed by atoms with E-state index in [4.69, 9.17) is 4.74 Å². The molecule has 7 nitrogen and oxygen atoms in total. The van der Waals surface area contributed by atoms with Gasteiger partial charge < -0.3 is 9.84 Å². The molecule has 122 valence electrons. The second-order valence-electron chi connectivity index (χ2n) is 4.72. The number of aryl methyl sites for hydroxylation is 1. The standard InChI is InChI=1S/C15H17BrN4O3/c1-3-4-10-7-12(21)19-15(18-10)20-17-8-9-5-6-11(23-2)14(22)13(9)16/h5-8,22H,3-4H2,1-2H3,(H2,18,19,20,21)/b17-8+. The molecule has 0 atom stereocenters. The zero-order valence-corrected chi connectivity index (χ0v) is 14.3. The molecule has 0 saturated carbocycles. The lowest BCUT2D eigenvalue weighted by Crippen LogP contribution is -2.12. The Kier molecular flexibility index (Phi) is 5.75. The van der Waals surface area contributed by atoms with Gasteiger partial charge >= 0.3 is 0 Å². The van der Waals surface area contributed by atoms with Crippen LogP contribution in [0, 0.1) is 0 Å². The molecule has 0 saturated heterocycles. The molecule has 0 unspecified atom stereocenters. The number of H-pyrrole nitrogens is 1. The van der Waals surface area contributed by atoms with Crippen LogP contribution in [0.1, 0.15) is 24.6 Å². The highest BCUT2D eigenvalue weighted by molar-refractivity contribution is 9.10. The van der Waals surface area contributed by atoms with Crippen LogP contribution in [0.5, 0.6) is 11.5 Å². The van der Waals surface area contributed by atoms with E-state index in [9.17, 15) is 9.90 Å². The molecule has 3 N–H and O–H groups in total. The molecular formula is C15H17BrN4O3. The first kappa shape index (κ1) is 17.0. The number of hydrogen-bond acceptors (Lipinski definition) is 6. The smallest absolute Gasteiger partial charge is 0.252 e. The van der Waals surface area contributed by atoms with Crippen LogP contribution in [-0.2, 0) is 6.42 Å². The third-order valence-corrected chi connectivity index (χ3v) is 3.84. The number of methoxy groups -OCH3 is 1. The molecule has 0 radical (unpaired) electrons. The number of rotatable bonds is 6. The Balaban J connectivity index is 2.16. The van der Waals surface area contributed by atoms with Gasteiger partial charge in [-0.3, -0.25) is 9.78 Å². The van der Waals surface area contributed by atoms with E-state index in [1.807, 2.05) is 6.92 Å². The van der Waals surface area contributed by atoms with Gasteiger partial charge in [0.05, 0.1) is 17.8 Å². The summed E-state index contributed by atoms with van der Waals surface area (Å²) in [5.74, 6) is 0.624. The molecule has 2 aromatic rings. The number of aromatic amines is 1. The van der Waals surface area contributed by atoms with Crippen LogP contribution in [0.15, 0.2) is 32.6 Å². The lowest BCUT2D eigenvalue weighted by molar-refractivity contribution is 0.372. The van der Waals surface area contributed by atoms with E-state index < -0.39 is 0 Å². The molecule has 1 aromatic heterocycles. The van der Waals surface area contributed by atoms with Gasteiger partial charge in [-0.1, -0.05) is 13.3 Å². The summed E-state index contributed by atoms with van der Waals surface area (Å²) < 4.78 is 5.48. The van der Waals surface area contributed by atoms with Crippen LogP contribution < -0.4 is 15.7 Å². The Bertz CT molecular complexity index is 774. The van der Waals surface area contributed by atoms with Crippen molar-refractivity contribution >= 4 is 28.1 Å². The molecule has 0 spiro atoms. The number of phenolic OH excluding ortho intramolecular Hbond substituents is 1. The van der Waals surface area contributed by atoms with E-state index >= 15 is 0 Å². The van der Waals surface area contributed by atoms with Gasteiger partial charge in [0, 0.05) is 17.3 Å². The van der Waals surface area contributed by atoms with Crippen molar-refractivity contribution in [1.82, 2.24) is 9.97 Å². The highest BCUT2D eigenvalue weighted by Gasteiger charge is 2.09. The molecule has 1 heterocycles. The normalized spacial score (nSPS) is 10.9. The number of aromatic hydroxyl groups is 1. The number of ether oxygens (including phenoxy) is 1. The van der Waals surface area contributed by atoms with Gasteiger partial charge in [-0.2, -0.15) is 5.10 Å². The summed E-state index contributed by atoms with van der Waals surface area (Å²) in [5.41, 5.74) is 3.79. The maximum Gasteiger partial charge on any atom is 0.252 e. The summed E-state index contributed by atoms with van der Waals surface area (Å²) in [7, 11) is 1.47. The van der Waals surface area contributed by atoms with Gasteiger partial charge in [-0.25, -0.2) is 10.4 Å². The molecule has 8 heteroatoms. The maximum absolute atomic E-state index is 11.5. The Labute approximate surface area is 141 Å². The van der Waals surface area contributed by atoms with E-state index in [0.29, 0.717) is 21.5 Å². The van der Waals surface area contributed by atoms with Crippen molar-refractivity contribution in [1.29, 1.82) is 0 Å². The van der Waals surface area contributed by atoms with Crippen LogP contribution in [0.3, 0.4) is 0 Å². The van der Waals surface area contributed by atoms with Crippen molar-refractivity contribution in [2.45, 2.75) is 19.8 Å². The first-order chi connectivity index (χ1) is 11.0. The number of aromatic nitrogens is 2. The van der Waals surface area contributed by atoms with E-state index in [2.05, 4.69) is 36.4 Å². The fraction of sp³-hybridized carbons (Fsp3) is 0.267. The third-order valence-electron chi connectivity index (χ3n) is 3.00. The first-order valence-electron chi connectivity index (χ1n) is 7.00. The van der Waals surface area contributed by atoms with Crippen LogP contribution in [-0.4, -0.2) is 28.4 Å². The summed E-state index contributed by atoms with van der Waals surface area (Å²) in [5, 5.41) is 13.9. The molecule has 23 heavy (non-hydrogen) atoms. The molecule has 0 bridgehead atoms. The molecule has 2 rings (SSSR count). The fourth-order valence-electron chi connectivity index (χ4n) is 1.93. The number of hydrazone groups is 1. The number of hydrogen-bond donors (Lipinski definition) is 3. The van der Waals surface area contributed by atoms with Crippen LogP contribution in [0.2, 0.25) is 0 Å². The molecular weight excluding hydrogens is 364 g/mol. The number of phenols is 1. The van der Waals surface area contributed by atoms with Gasteiger partial charge in [0.25, 0.3) is 5.56 Å². The minimum absolute atomic E-state index is 0.00655. The van der Waals surface area contributed by atoms with Crippen molar-refractivity contribution in [2.75, 3.05) is 12.5 Å². The molecule has 0 aliphatic carbocycles. The third kappa shape index (κ3) is 4.32. The van der Waals surface area contributed by atoms with Gasteiger partial charge in [0.1, 0.15) is 0 Å². The Hall–Kier alpha value is -2.35. The number of benzene rings is 1. The van der Waals surface area contributed by atoms with E-state index in [0.717, 1.165) is 12.8 Å². The summed E-state index contributed by atoms with van der Waals surface area (Å²) in [4.78, 5) is 18.4. The molecule has 0 amide bonds. The zero-order chi connectivity index (χ0) is 16.8. The Morgan fingerprint density at radius 3 is 3.00 bits per heavy atom. The predicted octanol–water partition coefficient (Wildman–Crippen LogP) is 2.65. The second kappa shape index (κ2) is 7.77. The molecule has 0 aliphatic rings. The molecule has 1 aromatic carbocycles. The lowest BCUT2D eigenvalue weighted by Gasteiger charge is -2.07. The summed E-state index contributed by atoms with van der Waals surface area (Å²) >= 11 is 3.28. The second-order valence-corrected chi connectivity index (χ2v) is 5.52.